The molecule has 2 amide bonds. The summed E-state index contributed by atoms with van der Waals surface area (Å²) >= 11 is 0. The summed E-state index contributed by atoms with van der Waals surface area (Å²) in [4.78, 5) is 23.5. The average molecular weight is 217 g/mol. The van der Waals surface area contributed by atoms with Crippen molar-refractivity contribution < 1.29 is 24.2 Å². The minimum Gasteiger partial charge on any atom is -0.447 e. The maximum absolute atomic E-state index is 11.5. The molecule has 1 heterocycles. The maximum atomic E-state index is 11.5. The van der Waals surface area contributed by atoms with Crippen molar-refractivity contribution in [1.29, 1.82) is 0 Å². The van der Waals surface area contributed by atoms with E-state index in [1.807, 2.05) is 0 Å². The lowest BCUT2D eigenvalue weighted by molar-refractivity contribution is 0.0254. The number of carbonyl (C=O) groups is 2. The van der Waals surface area contributed by atoms with Crippen molar-refractivity contribution >= 4 is 12.2 Å². The molecular weight excluding hydrogens is 202 g/mol. The van der Waals surface area contributed by atoms with E-state index in [-0.39, 0.29) is 13.2 Å². The van der Waals surface area contributed by atoms with Crippen LogP contribution in [0.2, 0.25) is 0 Å². The number of hydrogen-bond donors (Lipinski definition) is 1. The van der Waals surface area contributed by atoms with E-state index in [1.54, 1.807) is 20.8 Å². The lowest BCUT2D eigenvalue weighted by Crippen LogP contribution is -2.43. The van der Waals surface area contributed by atoms with Gasteiger partial charge in [0, 0.05) is 0 Å². The molecule has 86 valence electrons. The van der Waals surface area contributed by atoms with Gasteiger partial charge < -0.3 is 14.6 Å². The third-order valence-corrected chi connectivity index (χ3v) is 1.76. The second-order valence-electron chi connectivity index (χ2n) is 4.26. The van der Waals surface area contributed by atoms with Gasteiger partial charge in [0.1, 0.15) is 18.2 Å². The standard InChI is InChI=1S/C9H15NO5/c1-9(2,3)15-8(13)10-6(4-11)5-14-7(10)12/h6,11H,4-5H2,1-3H3/t6-/m0/s1. The van der Waals surface area contributed by atoms with Gasteiger partial charge >= 0.3 is 12.2 Å². The normalized spacial score (nSPS) is 21.5. The molecule has 1 atom stereocenters. The third kappa shape index (κ3) is 2.82. The Morgan fingerprint density at radius 3 is 2.73 bits per heavy atom. The first-order valence-electron chi connectivity index (χ1n) is 4.65. The highest BCUT2D eigenvalue weighted by Gasteiger charge is 2.40. The van der Waals surface area contributed by atoms with Crippen LogP contribution in [-0.2, 0) is 9.47 Å². The first-order valence-corrected chi connectivity index (χ1v) is 4.65. The Morgan fingerprint density at radius 2 is 2.27 bits per heavy atom. The van der Waals surface area contributed by atoms with Gasteiger partial charge in [-0.3, -0.25) is 0 Å². The van der Waals surface area contributed by atoms with Crippen molar-refractivity contribution in [1.82, 2.24) is 4.90 Å². The topological polar surface area (TPSA) is 76.1 Å². The van der Waals surface area contributed by atoms with E-state index < -0.39 is 23.8 Å². The van der Waals surface area contributed by atoms with Crippen LogP contribution in [0.1, 0.15) is 20.8 Å². The molecule has 6 nitrogen and oxygen atoms in total. The van der Waals surface area contributed by atoms with Crippen molar-refractivity contribution in [3.63, 3.8) is 0 Å². The van der Waals surface area contributed by atoms with Gasteiger partial charge in [-0.25, -0.2) is 14.5 Å². The highest BCUT2D eigenvalue weighted by atomic mass is 16.6. The predicted octanol–water partition coefficient (Wildman–Crippen LogP) is 0.735. The molecule has 1 rings (SSSR count). The molecular formula is C9H15NO5. The van der Waals surface area contributed by atoms with Crippen LogP contribution in [0, 0.1) is 0 Å². The van der Waals surface area contributed by atoms with E-state index in [0.717, 1.165) is 4.90 Å². The van der Waals surface area contributed by atoms with Crippen molar-refractivity contribution in [2.45, 2.75) is 32.4 Å². The molecule has 0 aromatic rings. The van der Waals surface area contributed by atoms with Crippen molar-refractivity contribution in [2.24, 2.45) is 0 Å². The van der Waals surface area contributed by atoms with E-state index >= 15 is 0 Å². The van der Waals surface area contributed by atoms with E-state index in [4.69, 9.17) is 9.84 Å². The molecule has 1 N–H and O–H groups in total. The summed E-state index contributed by atoms with van der Waals surface area (Å²) in [5, 5.41) is 8.92. The monoisotopic (exact) mass is 217 g/mol. The highest BCUT2D eigenvalue weighted by molar-refractivity contribution is 5.89. The molecule has 0 unspecified atom stereocenters. The maximum Gasteiger partial charge on any atom is 0.420 e. The van der Waals surface area contributed by atoms with Gasteiger partial charge in [-0.1, -0.05) is 0 Å². The van der Waals surface area contributed by atoms with Gasteiger partial charge in [-0.15, -0.1) is 0 Å². The molecule has 0 aliphatic carbocycles. The molecule has 0 aromatic heterocycles. The molecule has 1 aliphatic heterocycles. The smallest absolute Gasteiger partial charge is 0.420 e. The number of cyclic esters (lactones) is 1. The second kappa shape index (κ2) is 4.06. The predicted molar refractivity (Wildman–Crippen MR) is 50.3 cm³/mol. The van der Waals surface area contributed by atoms with Crippen LogP contribution in [0.3, 0.4) is 0 Å². The summed E-state index contributed by atoms with van der Waals surface area (Å²) in [6.45, 7) is 4.76. The summed E-state index contributed by atoms with van der Waals surface area (Å²) in [6, 6.07) is -0.646. The molecule has 0 spiro atoms. The number of nitrogens with zero attached hydrogens (tertiary/aromatic N) is 1. The number of rotatable bonds is 1. The molecule has 1 saturated heterocycles. The fourth-order valence-corrected chi connectivity index (χ4v) is 1.13. The molecule has 0 bridgehead atoms. The Bertz CT molecular complexity index is 270. The first kappa shape index (κ1) is 11.8. The van der Waals surface area contributed by atoms with E-state index in [0.29, 0.717) is 0 Å². The van der Waals surface area contributed by atoms with Gasteiger partial charge in [0.15, 0.2) is 0 Å². The van der Waals surface area contributed by atoms with Crippen molar-refractivity contribution in [3.05, 3.63) is 0 Å². The summed E-state index contributed by atoms with van der Waals surface area (Å²) in [5.41, 5.74) is -0.681. The molecule has 1 aliphatic rings. The summed E-state index contributed by atoms with van der Waals surface area (Å²) in [5.74, 6) is 0. The molecule has 0 aromatic carbocycles. The van der Waals surface area contributed by atoms with Crippen LogP contribution in [0.25, 0.3) is 0 Å². The zero-order valence-electron chi connectivity index (χ0n) is 9.02. The lowest BCUT2D eigenvalue weighted by atomic mass is 10.2. The van der Waals surface area contributed by atoms with Crippen molar-refractivity contribution in [3.8, 4) is 0 Å². The molecule has 6 heteroatoms. The lowest BCUT2D eigenvalue weighted by Gasteiger charge is -2.24. The number of imide groups is 1. The third-order valence-electron chi connectivity index (χ3n) is 1.76. The number of amides is 2. The molecule has 0 radical (unpaired) electrons. The van der Waals surface area contributed by atoms with Gasteiger partial charge in [0.05, 0.1) is 6.61 Å². The quantitative estimate of drug-likeness (QED) is 0.700. The summed E-state index contributed by atoms with van der Waals surface area (Å²) in [7, 11) is 0. The van der Waals surface area contributed by atoms with Crippen LogP contribution in [0.15, 0.2) is 0 Å². The Hall–Kier alpha value is -1.30. The van der Waals surface area contributed by atoms with Gasteiger partial charge in [0.25, 0.3) is 0 Å². The van der Waals surface area contributed by atoms with Crippen LogP contribution in [0.5, 0.6) is 0 Å². The average Bonchev–Trinajstić information content (AvgIpc) is 2.43. The van der Waals surface area contributed by atoms with Crippen LogP contribution >= 0.6 is 0 Å². The largest absolute Gasteiger partial charge is 0.447 e. The van der Waals surface area contributed by atoms with E-state index in [9.17, 15) is 9.59 Å². The fourth-order valence-electron chi connectivity index (χ4n) is 1.13. The van der Waals surface area contributed by atoms with E-state index in [2.05, 4.69) is 4.74 Å². The van der Waals surface area contributed by atoms with Crippen LogP contribution < -0.4 is 0 Å². The number of ether oxygens (including phenoxy) is 2. The fraction of sp³-hybridized carbons (Fsp3) is 0.778. The van der Waals surface area contributed by atoms with Gasteiger partial charge in [0.2, 0.25) is 0 Å². The first-order chi connectivity index (χ1) is 6.85. The summed E-state index contributed by atoms with van der Waals surface area (Å²) < 4.78 is 9.63. The SMILES string of the molecule is CC(C)(C)OC(=O)N1C(=O)OC[C@@H]1CO. The molecule has 0 saturated carbocycles. The van der Waals surface area contributed by atoms with Crippen molar-refractivity contribution in [2.75, 3.05) is 13.2 Å². The van der Waals surface area contributed by atoms with Gasteiger partial charge in [-0.2, -0.15) is 0 Å². The Kier molecular flexibility index (Phi) is 3.18. The Morgan fingerprint density at radius 1 is 1.67 bits per heavy atom. The van der Waals surface area contributed by atoms with E-state index in [1.165, 1.54) is 0 Å². The number of carbonyl (C=O) groups excluding carboxylic acids is 2. The molecule has 15 heavy (non-hydrogen) atoms. The minimum atomic E-state index is -0.788. The van der Waals surface area contributed by atoms with Crippen LogP contribution in [-0.4, -0.2) is 47.0 Å². The zero-order chi connectivity index (χ0) is 11.6. The highest BCUT2D eigenvalue weighted by Crippen LogP contribution is 2.17. The number of aliphatic hydroxyl groups is 1. The van der Waals surface area contributed by atoms with Gasteiger partial charge in [-0.05, 0) is 20.8 Å². The van der Waals surface area contributed by atoms with Crippen LogP contribution in [0.4, 0.5) is 9.59 Å². The Balaban J connectivity index is 2.69. The second-order valence-corrected chi connectivity index (χ2v) is 4.26. The Labute approximate surface area is 87.8 Å². The minimum absolute atomic E-state index is 0.00851. The summed E-state index contributed by atoms with van der Waals surface area (Å²) in [6.07, 6.45) is -1.56. The number of aliphatic hydroxyl groups excluding tert-OH is 1. The zero-order valence-corrected chi connectivity index (χ0v) is 9.02. The number of hydrogen-bond acceptors (Lipinski definition) is 5. The molecule has 1 fully saturated rings.